The van der Waals surface area contributed by atoms with E-state index in [1.54, 1.807) is 24.3 Å². The van der Waals surface area contributed by atoms with Gasteiger partial charge in [0.15, 0.2) is 0 Å². The van der Waals surface area contributed by atoms with Crippen molar-refractivity contribution < 1.29 is 19.1 Å². The molecule has 3 aromatic rings. The summed E-state index contributed by atoms with van der Waals surface area (Å²) in [7, 11) is 1.35. The smallest absolute Gasteiger partial charge is 0.338 e. The highest BCUT2D eigenvalue weighted by Crippen LogP contribution is 2.26. The fraction of sp³-hybridized carbons (Fsp3) is 0.200. The topological polar surface area (TPSA) is 52.6 Å². The predicted molar refractivity (Wildman–Crippen MR) is 112 cm³/mol. The molecule has 0 aliphatic rings. The molecule has 1 unspecified atom stereocenters. The van der Waals surface area contributed by atoms with E-state index in [4.69, 9.17) is 9.47 Å². The number of carbonyl (C=O) groups is 2. The summed E-state index contributed by atoms with van der Waals surface area (Å²) in [5.74, 6) is -0.745. The third-order valence-electron chi connectivity index (χ3n) is 4.74. The molecule has 0 bridgehead atoms. The number of hydrogen-bond donors (Lipinski definition) is 0. The van der Waals surface area contributed by atoms with Gasteiger partial charge in [0, 0.05) is 0 Å². The minimum atomic E-state index is -0.391. The summed E-state index contributed by atoms with van der Waals surface area (Å²) in [5, 5.41) is 0. The van der Waals surface area contributed by atoms with Gasteiger partial charge in [0.2, 0.25) is 0 Å². The van der Waals surface area contributed by atoms with Gasteiger partial charge < -0.3 is 9.47 Å². The zero-order chi connectivity index (χ0) is 20.5. The number of benzene rings is 3. The zero-order valence-corrected chi connectivity index (χ0v) is 16.4. The first-order chi connectivity index (χ1) is 14.2. The fourth-order valence-corrected chi connectivity index (χ4v) is 3.15. The molecule has 4 heteroatoms. The van der Waals surface area contributed by atoms with Crippen LogP contribution in [0.3, 0.4) is 0 Å². The number of methoxy groups -OCH3 is 1. The molecule has 0 aromatic heterocycles. The molecule has 0 saturated carbocycles. The lowest BCUT2D eigenvalue weighted by Gasteiger charge is -2.19. The molecule has 0 saturated heterocycles. The van der Waals surface area contributed by atoms with Crippen LogP contribution < -0.4 is 0 Å². The summed E-state index contributed by atoms with van der Waals surface area (Å²) in [6.07, 6.45) is 2.07. The van der Waals surface area contributed by atoms with Crippen molar-refractivity contribution in [3.63, 3.8) is 0 Å². The molecule has 148 valence electrons. The van der Waals surface area contributed by atoms with E-state index in [-0.39, 0.29) is 5.97 Å². The molecule has 4 nitrogen and oxygen atoms in total. The third-order valence-corrected chi connectivity index (χ3v) is 4.74. The number of carbonyl (C=O) groups excluding carboxylic acids is 2. The number of hydrogen-bond acceptors (Lipinski definition) is 4. The number of rotatable bonds is 8. The van der Waals surface area contributed by atoms with Gasteiger partial charge in [-0.05, 0) is 54.7 Å². The van der Waals surface area contributed by atoms with Crippen molar-refractivity contribution in [3.8, 4) is 0 Å². The maximum atomic E-state index is 12.6. The lowest BCUT2D eigenvalue weighted by atomic mass is 10.00. The molecular formula is C25H24O4. The summed E-state index contributed by atoms with van der Waals surface area (Å²) >= 11 is 0. The van der Waals surface area contributed by atoms with Gasteiger partial charge in [0.25, 0.3) is 0 Å². The molecule has 3 aromatic carbocycles. The van der Waals surface area contributed by atoms with Crippen molar-refractivity contribution in [2.45, 2.75) is 25.4 Å². The average Bonchev–Trinajstić information content (AvgIpc) is 2.79. The van der Waals surface area contributed by atoms with Crippen molar-refractivity contribution in [3.05, 3.63) is 107 Å². The van der Waals surface area contributed by atoms with E-state index < -0.39 is 12.1 Å². The first kappa shape index (κ1) is 20.3. The van der Waals surface area contributed by atoms with Crippen LogP contribution in [0.25, 0.3) is 0 Å². The summed E-state index contributed by atoms with van der Waals surface area (Å²) in [6.45, 7) is 0. The predicted octanol–water partition coefficient (Wildman–Crippen LogP) is 5.39. The van der Waals surface area contributed by atoms with Crippen molar-refractivity contribution in [1.29, 1.82) is 0 Å². The molecule has 29 heavy (non-hydrogen) atoms. The Morgan fingerprint density at radius 1 is 0.759 bits per heavy atom. The third kappa shape index (κ3) is 5.79. The Hall–Kier alpha value is -3.40. The Kier molecular flexibility index (Phi) is 7.17. The van der Waals surface area contributed by atoms with Gasteiger partial charge in [-0.2, -0.15) is 0 Å². The molecule has 0 fully saturated rings. The average molecular weight is 388 g/mol. The Morgan fingerprint density at radius 2 is 1.34 bits per heavy atom. The summed E-state index contributed by atoms with van der Waals surface area (Å²) in [5.41, 5.74) is 3.09. The Balaban J connectivity index is 1.73. The minimum Gasteiger partial charge on any atom is -0.465 e. The van der Waals surface area contributed by atoms with Gasteiger partial charge in [-0.15, -0.1) is 0 Å². The van der Waals surface area contributed by atoms with Crippen LogP contribution in [0.1, 0.15) is 50.8 Å². The fourth-order valence-electron chi connectivity index (χ4n) is 3.15. The SMILES string of the molecule is COC(=O)c1ccc(C(CCCc2ccccc2)OC(=O)c2ccccc2)cc1. The van der Waals surface area contributed by atoms with E-state index in [2.05, 4.69) is 12.1 Å². The van der Waals surface area contributed by atoms with Crippen LogP contribution in [0.2, 0.25) is 0 Å². The van der Waals surface area contributed by atoms with Crippen LogP contribution in [0.5, 0.6) is 0 Å². The monoisotopic (exact) mass is 388 g/mol. The Labute approximate surface area is 171 Å². The van der Waals surface area contributed by atoms with E-state index in [1.165, 1.54) is 12.7 Å². The van der Waals surface area contributed by atoms with Gasteiger partial charge >= 0.3 is 11.9 Å². The molecule has 0 N–H and O–H groups in total. The van der Waals surface area contributed by atoms with Crippen molar-refractivity contribution in [1.82, 2.24) is 0 Å². The van der Waals surface area contributed by atoms with E-state index in [0.29, 0.717) is 17.5 Å². The van der Waals surface area contributed by atoms with Gasteiger partial charge in [-0.1, -0.05) is 60.7 Å². The molecule has 0 amide bonds. The normalized spacial score (nSPS) is 11.5. The minimum absolute atomic E-state index is 0.354. The van der Waals surface area contributed by atoms with Crippen LogP contribution in [0.4, 0.5) is 0 Å². The Bertz CT molecular complexity index is 918. The number of esters is 2. The first-order valence-electron chi connectivity index (χ1n) is 9.65. The maximum absolute atomic E-state index is 12.6. The van der Waals surface area contributed by atoms with E-state index >= 15 is 0 Å². The second kappa shape index (κ2) is 10.2. The highest BCUT2D eigenvalue weighted by atomic mass is 16.5. The van der Waals surface area contributed by atoms with Crippen molar-refractivity contribution in [2.75, 3.05) is 7.11 Å². The highest BCUT2D eigenvalue weighted by Gasteiger charge is 2.18. The van der Waals surface area contributed by atoms with Crippen LogP contribution in [0.15, 0.2) is 84.9 Å². The van der Waals surface area contributed by atoms with Gasteiger partial charge in [0.1, 0.15) is 6.10 Å². The lowest BCUT2D eigenvalue weighted by molar-refractivity contribution is 0.0271. The summed E-state index contributed by atoms with van der Waals surface area (Å²) in [6, 6.07) is 26.2. The standard InChI is InChI=1S/C25H24O4/c1-28-24(26)22-17-15-20(16-18-22)23(14-8-11-19-9-4-2-5-10-19)29-25(27)21-12-6-3-7-13-21/h2-7,9-10,12-13,15-18,23H,8,11,14H2,1H3. The molecular weight excluding hydrogens is 364 g/mol. The van der Waals surface area contributed by atoms with Crippen LogP contribution >= 0.6 is 0 Å². The van der Waals surface area contributed by atoms with Crippen LogP contribution in [-0.2, 0) is 15.9 Å². The van der Waals surface area contributed by atoms with Crippen molar-refractivity contribution >= 4 is 11.9 Å². The molecule has 1 atom stereocenters. The quantitative estimate of drug-likeness (QED) is 0.485. The first-order valence-corrected chi connectivity index (χ1v) is 9.65. The molecule has 0 radical (unpaired) electrons. The van der Waals surface area contributed by atoms with E-state index in [1.807, 2.05) is 48.5 Å². The lowest BCUT2D eigenvalue weighted by Crippen LogP contribution is -2.12. The number of aryl methyl sites for hydroxylation is 1. The number of ether oxygens (including phenoxy) is 2. The molecule has 3 rings (SSSR count). The summed E-state index contributed by atoms with van der Waals surface area (Å²) < 4.78 is 10.6. The maximum Gasteiger partial charge on any atom is 0.338 e. The molecule has 0 heterocycles. The largest absolute Gasteiger partial charge is 0.465 e. The zero-order valence-electron chi connectivity index (χ0n) is 16.4. The van der Waals surface area contributed by atoms with Crippen LogP contribution in [0, 0.1) is 0 Å². The Morgan fingerprint density at radius 3 is 1.97 bits per heavy atom. The summed E-state index contributed by atoms with van der Waals surface area (Å²) in [4.78, 5) is 24.3. The second-order valence-corrected chi connectivity index (χ2v) is 6.75. The molecule has 0 aliphatic heterocycles. The van der Waals surface area contributed by atoms with Gasteiger partial charge in [-0.25, -0.2) is 9.59 Å². The highest BCUT2D eigenvalue weighted by molar-refractivity contribution is 5.90. The van der Waals surface area contributed by atoms with Gasteiger partial charge in [-0.3, -0.25) is 0 Å². The van der Waals surface area contributed by atoms with Crippen molar-refractivity contribution in [2.24, 2.45) is 0 Å². The molecule has 0 spiro atoms. The van der Waals surface area contributed by atoms with E-state index in [9.17, 15) is 9.59 Å². The molecule has 0 aliphatic carbocycles. The van der Waals surface area contributed by atoms with Crippen LogP contribution in [-0.4, -0.2) is 19.0 Å². The second-order valence-electron chi connectivity index (χ2n) is 6.75. The van der Waals surface area contributed by atoms with Gasteiger partial charge in [0.05, 0.1) is 18.2 Å². The van der Waals surface area contributed by atoms with E-state index in [0.717, 1.165) is 18.4 Å².